The second-order valence-electron chi connectivity index (χ2n) is 13.5. The Balaban J connectivity index is 2.14. The lowest BCUT2D eigenvalue weighted by molar-refractivity contribution is 0.0693. The first-order chi connectivity index (χ1) is 18.1. The first-order valence-electron chi connectivity index (χ1n) is 14.2. The maximum Gasteiger partial charge on any atom is 0.261 e. The lowest BCUT2D eigenvalue weighted by Crippen LogP contribution is -2.67. The summed E-state index contributed by atoms with van der Waals surface area (Å²) in [5.41, 5.74) is 1.83. The highest BCUT2D eigenvalue weighted by Crippen LogP contribution is 2.47. The van der Waals surface area contributed by atoms with Gasteiger partial charge in [-0.3, -0.25) is 0 Å². The predicted molar refractivity (Wildman–Crippen MR) is 169 cm³/mol. The summed E-state index contributed by atoms with van der Waals surface area (Å²) in [7, 11) is -4.97. The summed E-state index contributed by atoms with van der Waals surface area (Å²) in [6.45, 7) is 24.3. The summed E-state index contributed by atoms with van der Waals surface area (Å²) in [5.74, 6) is -0.402. The average Bonchev–Trinajstić information content (AvgIpc) is 3.13. The van der Waals surface area contributed by atoms with Crippen molar-refractivity contribution in [3.8, 4) is 0 Å². The highest BCUT2D eigenvalue weighted by atomic mass is 28.4. The zero-order valence-corrected chi connectivity index (χ0v) is 27.5. The van der Waals surface area contributed by atoms with Crippen molar-refractivity contribution in [1.29, 1.82) is 0 Å². The standard InChI is InChI=1S/C33H50O4Si2/c1-11-29(35)30-24(2)31(37-38(9,10)32(3,4)5)28(27(30)22-34)23-36-39(33(6,7)8,25-18-14-12-15-19-25)26-20-16-13-17-21-26/h11-21,27-29,31,34-35H,1,22-23H2,2-10H3/t27-,28+,29+,31-/m1/s1. The van der Waals surface area contributed by atoms with E-state index < -0.39 is 22.7 Å². The van der Waals surface area contributed by atoms with E-state index >= 15 is 0 Å². The molecule has 2 N–H and O–H groups in total. The van der Waals surface area contributed by atoms with Crippen LogP contribution in [0.4, 0.5) is 0 Å². The maximum absolute atomic E-state index is 11.0. The van der Waals surface area contributed by atoms with Crippen LogP contribution in [0.2, 0.25) is 23.2 Å². The van der Waals surface area contributed by atoms with Crippen LogP contribution < -0.4 is 10.4 Å². The monoisotopic (exact) mass is 566 g/mol. The van der Waals surface area contributed by atoms with Crippen molar-refractivity contribution < 1.29 is 19.1 Å². The highest BCUT2D eigenvalue weighted by molar-refractivity contribution is 6.99. The quantitative estimate of drug-likeness (QED) is 0.271. The van der Waals surface area contributed by atoms with E-state index in [-0.39, 0.29) is 34.6 Å². The van der Waals surface area contributed by atoms with Gasteiger partial charge in [-0.1, -0.05) is 108 Å². The second-order valence-corrected chi connectivity index (χ2v) is 22.6. The van der Waals surface area contributed by atoms with Gasteiger partial charge in [0.2, 0.25) is 0 Å². The molecular weight excluding hydrogens is 517 g/mol. The van der Waals surface area contributed by atoms with Gasteiger partial charge in [-0.2, -0.15) is 0 Å². The molecule has 0 bridgehead atoms. The van der Waals surface area contributed by atoms with Crippen LogP contribution in [0.25, 0.3) is 0 Å². The molecular formula is C33H50O4Si2. The van der Waals surface area contributed by atoms with Gasteiger partial charge in [0.1, 0.15) is 0 Å². The van der Waals surface area contributed by atoms with Crippen LogP contribution in [0.15, 0.2) is 84.5 Å². The third-order valence-electron chi connectivity index (χ3n) is 9.06. The summed E-state index contributed by atoms with van der Waals surface area (Å²) < 4.78 is 14.4. The number of aliphatic hydroxyl groups is 2. The van der Waals surface area contributed by atoms with E-state index in [0.717, 1.165) is 11.1 Å². The van der Waals surface area contributed by atoms with Crippen molar-refractivity contribution in [3.63, 3.8) is 0 Å². The van der Waals surface area contributed by atoms with Crippen molar-refractivity contribution in [1.82, 2.24) is 0 Å². The summed E-state index contributed by atoms with van der Waals surface area (Å²) in [5, 5.41) is 24.0. The number of aliphatic hydroxyl groups excluding tert-OH is 2. The van der Waals surface area contributed by atoms with Crippen LogP contribution in [-0.2, 0) is 8.85 Å². The molecule has 2 aromatic rings. The Kier molecular flexibility index (Phi) is 9.74. The Bertz CT molecular complexity index is 1090. The number of benzene rings is 2. The molecule has 4 nitrogen and oxygen atoms in total. The Morgan fingerprint density at radius 3 is 1.77 bits per heavy atom. The van der Waals surface area contributed by atoms with E-state index in [1.165, 1.54) is 10.4 Å². The van der Waals surface area contributed by atoms with Crippen LogP contribution in [-0.4, -0.2) is 52.3 Å². The van der Waals surface area contributed by atoms with Gasteiger partial charge < -0.3 is 19.1 Å². The Hall–Kier alpha value is -1.81. The molecule has 1 aliphatic rings. The van der Waals surface area contributed by atoms with Crippen LogP contribution in [0.3, 0.4) is 0 Å². The van der Waals surface area contributed by atoms with E-state index in [4.69, 9.17) is 8.85 Å². The number of rotatable bonds is 10. The first kappa shape index (κ1) is 31.7. The molecule has 39 heavy (non-hydrogen) atoms. The SMILES string of the molecule is C=C[C@H](O)C1=C(C)[C@@H](O[Si](C)(C)C(C)(C)C)[C@@H](CO[Si](c2ccccc2)(c2ccccc2)C(C)(C)C)[C@H]1CO. The third-order valence-corrected chi connectivity index (χ3v) is 18.5. The van der Waals surface area contributed by atoms with Crippen LogP contribution >= 0.6 is 0 Å². The molecule has 0 heterocycles. The molecule has 0 aromatic heterocycles. The minimum atomic E-state index is -2.79. The summed E-state index contributed by atoms with van der Waals surface area (Å²) in [6, 6.07) is 21.3. The molecule has 0 fully saturated rings. The molecule has 1 aliphatic carbocycles. The van der Waals surface area contributed by atoms with E-state index in [0.29, 0.717) is 6.61 Å². The van der Waals surface area contributed by atoms with Gasteiger partial charge in [-0.25, -0.2) is 0 Å². The van der Waals surface area contributed by atoms with Gasteiger partial charge in [0, 0.05) is 18.4 Å². The molecule has 0 unspecified atom stereocenters. The molecule has 0 saturated heterocycles. The van der Waals surface area contributed by atoms with Crippen LogP contribution in [0.5, 0.6) is 0 Å². The number of hydrogen-bond donors (Lipinski definition) is 2. The van der Waals surface area contributed by atoms with E-state index in [1.54, 1.807) is 6.08 Å². The highest BCUT2D eigenvalue weighted by Gasteiger charge is 2.53. The molecule has 0 radical (unpaired) electrons. The van der Waals surface area contributed by atoms with Gasteiger partial charge in [-0.15, -0.1) is 6.58 Å². The van der Waals surface area contributed by atoms with E-state index in [2.05, 4.69) is 110 Å². The topological polar surface area (TPSA) is 58.9 Å². The van der Waals surface area contributed by atoms with Crippen LogP contribution in [0, 0.1) is 11.8 Å². The van der Waals surface area contributed by atoms with Gasteiger partial charge >= 0.3 is 0 Å². The fourth-order valence-corrected chi connectivity index (χ4v) is 11.8. The summed E-state index contributed by atoms with van der Waals surface area (Å²) in [4.78, 5) is 0. The fourth-order valence-electron chi connectivity index (χ4n) is 5.89. The predicted octanol–water partition coefficient (Wildman–Crippen LogP) is 6.06. The van der Waals surface area contributed by atoms with Gasteiger partial charge in [0.15, 0.2) is 8.32 Å². The van der Waals surface area contributed by atoms with Gasteiger partial charge in [-0.05, 0) is 51.6 Å². The van der Waals surface area contributed by atoms with Crippen molar-refractivity contribution in [2.75, 3.05) is 13.2 Å². The lowest BCUT2D eigenvalue weighted by atomic mass is 9.89. The zero-order valence-electron chi connectivity index (χ0n) is 25.5. The number of hydrogen-bond acceptors (Lipinski definition) is 4. The zero-order chi connectivity index (χ0) is 29.2. The third kappa shape index (κ3) is 6.11. The maximum atomic E-state index is 11.0. The van der Waals surface area contributed by atoms with E-state index in [9.17, 15) is 10.2 Å². The van der Waals surface area contributed by atoms with Crippen molar-refractivity contribution >= 4 is 27.0 Å². The molecule has 0 aliphatic heterocycles. The molecule has 0 amide bonds. The molecule has 6 heteroatoms. The normalized spacial score (nSPS) is 21.8. The smallest absolute Gasteiger partial charge is 0.261 e. The minimum Gasteiger partial charge on any atom is -0.410 e. The van der Waals surface area contributed by atoms with Crippen molar-refractivity contribution in [2.45, 2.75) is 83.8 Å². The summed E-state index contributed by atoms with van der Waals surface area (Å²) >= 11 is 0. The largest absolute Gasteiger partial charge is 0.410 e. The molecule has 2 aromatic carbocycles. The first-order valence-corrected chi connectivity index (χ1v) is 19.0. The van der Waals surface area contributed by atoms with Crippen molar-refractivity contribution in [2.24, 2.45) is 11.8 Å². The molecule has 0 spiro atoms. The summed E-state index contributed by atoms with van der Waals surface area (Å²) in [6.07, 6.45) is 0.479. The van der Waals surface area contributed by atoms with Gasteiger partial charge in [0.25, 0.3) is 8.32 Å². The Labute approximate surface area is 239 Å². The molecule has 0 saturated carbocycles. The molecule has 214 valence electrons. The molecule has 4 atom stereocenters. The Morgan fingerprint density at radius 2 is 1.38 bits per heavy atom. The molecule has 3 rings (SSSR count). The van der Waals surface area contributed by atoms with Crippen LogP contribution in [0.1, 0.15) is 48.5 Å². The lowest BCUT2D eigenvalue weighted by Gasteiger charge is -2.45. The fraction of sp³-hybridized carbons (Fsp3) is 0.515. The second kappa shape index (κ2) is 12.0. The van der Waals surface area contributed by atoms with E-state index in [1.807, 2.05) is 19.1 Å². The Morgan fingerprint density at radius 1 is 0.897 bits per heavy atom. The van der Waals surface area contributed by atoms with Gasteiger partial charge in [0.05, 0.1) is 18.8 Å². The minimum absolute atomic E-state index is 0.0190. The average molecular weight is 567 g/mol. The van der Waals surface area contributed by atoms with Crippen molar-refractivity contribution in [3.05, 3.63) is 84.5 Å².